The second kappa shape index (κ2) is 7.04. The van der Waals surface area contributed by atoms with Gasteiger partial charge in [-0.25, -0.2) is 0 Å². The van der Waals surface area contributed by atoms with Gasteiger partial charge >= 0.3 is 0 Å². The summed E-state index contributed by atoms with van der Waals surface area (Å²) in [5.41, 5.74) is 5.39. The minimum absolute atomic E-state index is 0.0943. The molecule has 0 aromatic heterocycles. The number of carbonyl (C=O) groups excluding carboxylic acids is 1. The van der Waals surface area contributed by atoms with Crippen molar-refractivity contribution >= 4 is 5.78 Å². The molecule has 0 aliphatic rings. The van der Waals surface area contributed by atoms with Crippen molar-refractivity contribution in [1.29, 1.82) is 0 Å². The Labute approximate surface area is 80.6 Å². The van der Waals surface area contributed by atoms with Gasteiger partial charge in [-0.15, -0.1) is 0 Å². The fourth-order valence-electron chi connectivity index (χ4n) is 1.31. The normalized spacial score (nSPS) is 15.4. The van der Waals surface area contributed by atoms with E-state index in [2.05, 4.69) is 0 Å². The quantitative estimate of drug-likeness (QED) is 0.652. The van der Waals surface area contributed by atoms with E-state index in [-0.39, 0.29) is 11.8 Å². The summed E-state index contributed by atoms with van der Waals surface area (Å²) in [5.74, 6) is 0.501. The SMILES string of the molecule is COCCC(C)C(=O)C(C)CCN. The molecule has 0 heterocycles. The summed E-state index contributed by atoms with van der Waals surface area (Å²) in [6.45, 7) is 5.14. The van der Waals surface area contributed by atoms with E-state index >= 15 is 0 Å². The van der Waals surface area contributed by atoms with Crippen LogP contribution in [0, 0.1) is 11.8 Å². The van der Waals surface area contributed by atoms with E-state index in [0.29, 0.717) is 18.9 Å². The topological polar surface area (TPSA) is 52.3 Å². The van der Waals surface area contributed by atoms with Crippen molar-refractivity contribution in [3.05, 3.63) is 0 Å². The van der Waals surface area contributed by atoms with Gasteiger partial charge in [0.1, 0.15) is 5.78 Å². The average molecular weight is 187 g/mol. The molecule has 0 radical (unpaired) electrons. The van der Waals surface area contributed by atoms with E-state index in [1.54, 1.807) is 7.11 Å². The van der Waals surface area contributed by atoms with Crippen LogP contribution in [0.1, 0.15) is 26.7 Å². The summed E-state index contributed by atoms with van der Waals surface area (Å²) in [7, 11) is 1.65. The van der Waals surface area contributed by atoms with Gasteiger partial charge in [0.05, 0.1) is 0 Å². The third-order valence-electron chi connectivity index (χ3n) is 2.33. The molecule has 0 rings (SSSR count). The van der Waals surface area contributed by atoms with E-state index in [1.165, 1.54) is 0 Å². The lowest BCUT2D eigenvalue weighted by atomic mass is 9.91. The molecular formula is C10H21NO2. The van der Waals surface area contributed by atoms with Crippen molar-refractivity contribution in [2.45, 2.75) is 26.7 Å². The van der Waals surface area contributed by atoms with Gasteiger partial charge in [-0.2, -0.15) is 0 Å². The molecule has 0 aromatic rings. The standard InChI is InChI=1S/C10H21NO2/c1-8(4-6-11)10(12)9(2)5-7-13-3/h8-9H,4-7,11H2,1-3H3. The van der Waals surface area contributed by atoms with Crippen LogP contribution in [0.4, 0.5) is 0 Å². The molecule has 0 aromatic carbocycles. The molecule has 2 N–H and O–H groups in total. The van der Waals surface area contributed by atoms with Crippen molar-refractivity contribution in [3.8, 4) is 0 Å². The molecule has 3 heteroatoms. The maximum absolute atomic E-state index is 11.6. The maximum Gasteiger partial charge on any atom is 0.138 e. The number of nitrogens with two attached hydrogens (primary N) is 1. The molecule has 0 bridgehead atoms. The lowest BCUT2D eigenvalue weighted by Gasteiger charge is -2.14. The Kier molecular flexibility index (Phi) is 6.82. The summed E-state index contributed by atoms with van der Waals surface area (Å²) in [5, 5.41) is 0. The zero-order valence-corrected chi connectivity index (χ0v) is 8.88. The zero-order valence-electron chi connectivity index (χ0n) is 8.88. The Hall–Kier alpha value is -0.410. The minimum atomic E-state index is 0.0943. The van der Waals surface area contributed by atoms with Crippen LogP contribution in [0.25, 0.3) is 0 Å². The first-order valence-electron chi connectivity index (χ1n) is 4.86. The Balaban J connectivity index is 3.79. The first kappa shape index (κ1) is 12.6. The van der Waals surface area contributed by atoms with Gasteiger partial charge in [0.2, 0.25) is 0 Å². The van der Waals surface area contributed by atoms with E-state index in [0.717, 1.165) is 12.8 Å². The van der Waals surface area contributed by atoms with Crippen LogP contribution in [0.15, 0.2) is 0 Å². The lowest BCUT2D eigenvalue weighted by Crippen LogP contribution is -2.22. The van der Waals surface area contributed by atoms with Crippen LogP contribution in [0.5, 0.6) is 0 Å². The molecule has 0 fully saturated rings. The van der Waals surface area contributed by atoms with Gasteiger partial charge in [-0.1, -0.05) is 13.8 Å². The number of Topliss-reactive ketones (excluding diaryl/α,β-unsaturated/α-hetero) is 1. The molecule has 2 unspecified atom stereocenters. The summed E-state index contributed by atoms with van der Waals surface area (Å²) >= 11 is 0. The first-order chi connectivity index (χ1) is 6.13. The fraction of sp³-hybridized carbons (Fsp3) is 0.900. The number of methoxy groups -OCH3 is 1. The number of rotatable bonds is 7. The maximum atomic E-state index is 11.6. The molecule has 0 spiro atoms. The Bertz CT molecular complexity index is 148. The molecule has 78 valence electrons. The first-order valence-corrected chi connectivity index (χ1v) is 4.86. The largest absolute Gasteiger partial charge is 0.385 e. The smallest absolute Gasteiger partial charge is 0.138 e. The number of carbonyl (C=O) groups is 1. The van der Waals surface area contributed by atoms with Crippen LogP contribution in [0.2, 0.25) is 0 Å². The van der Waals surface area contributed by atoms with Crippen LogP contribution in [0.3, 0.4) is 0 Å². The van der Waals surface area contributed by atoms with Gasteiger partial charge in [0.25, 0.3) is 0 Å². The third kappa shape index (κ3) is 5.01. The van der Waals surface area contributed by atoms with Gasteiger partial charge in [-0.3, -0.25) is 4.79 Å². The van der Waals surface area contributed by atoms with E-state index in [9.17, 15) is 4.79 Å². The molecule has 0 aliphatic carbocycles. The highest BCUT2D eigenvalue weighted by atomic mass is 16.5. The van der Waals surface area contributed by atoms with E-state index in [4.69, 9.17) is 10.5 Å². The van der Waals surface area contributed by atoms with Crippen molar-refractivity contribution in [3.63, 3.8) is 0 Å². The van der Waals surface area contributed by atoms with E-state index in [1.807, 2.05) is 13.8 Å². The van der Waals surface area contributed by atoms with Crippen molar-refractivity contribution in [1.82, 2.24) is 0 Å². The van der Waals surface area contributed by atoms with Gasteiger partial charge in [-0.05, 0) is 19.4 Å². The fourth-order valence-corrected chi connectivity index (χ4v) is 1.31. The number of ketones is 1. The monoisotopic (exact) mass is 187 g/mol. The molecule has 0 saturated carbocycles. The zero-order chi connectivity index (χ0) is 10.3. The van der Waals surface area contributed by atoms with Gasteiger partial charge < -0.3 is 10.5 Å². The molecular weight excluding hydrogens is 166 g/mol. The van der Waals surface area contributed by atoms with Crippen molar-refractivity contribution in [2.75, 3.05) is 20.3 Å². The lowest BCUT2D eigenvalue weighted by molar-refractivity contribution is -0.126. The number of hydrogen-bond acceptors (Lipinski definition) is 3. The molecule has 0 amide bonds. The van der Waals surface area contributed by atoms with Gasteiger partial charge in [0.15, 0.2) is 0 Å². The summed E-state index contributed by atoms with van der Waals surface area (Å²) < 4.78 is 4.93. The third-order valence-corrected chi connectivity index (χ3v) is 2.33. The van der Waals surface area contributed by atoms with Crippen LogP contribution >= 0.6 is 0 Å². The highest BCUT2D eigenvalue weighted by Gasteiger charge is 2.18. The molecule has 0 aliphatic heterocycles. The predicted molar refractivity (Wildman–Crippen MR) is 53.5 cm³/mol. The summed E-state index contributed by atoms with van der Waals surface area (Å²) in [4.78, 5) is 11.6. The Morgan fingerprint density at radius 3 is 2.31 bits per heavy atom. The highest BCUT2D eigenvalue weighted by Crippen LogP contribution is 2.13. The second-order valence-electron chi connectivity index (χ2n) is 3.56. The predicted octanol–water partition coefficient (Wildman–Crippen LogP) is 1.21. The molecule has 13 heavy (non-hydrogen) atoms. The number of hydrogen-bond donors (Lipinski definition) is 1. The highest BCUT2D eigenvalue weighted by molar-refractivity contribution is 5.82. The molecule has 0 saturated heterocycles. The molecule has 3 nitrogen and oxygen atoms in total. The Morgan fingerprint density at radius 2 is 1.85 bits per heavy atom. The summed E-state index contributed by atoms with van der Waals surface area (Å²) in [6.07, 6.45) is 1.60. The molecule has 2 atom stereocenters. The average Bonchev–Trinajstić information content (AvgIpc) is 2.13. The van der Waals surface area contributed by atoms with Crippen LogP contribution < -0.4 is 5.73 Å². The van der Waals surface area contributed by atoms with Crippen LogP contribution in [-0.2, 0) is 9.53 Å². The van der Waals surface area contributed by atoms with Crippen LogP contribution in [-0.4, -0.2) is 26.0 Å². The van der Waals surface area contributed by atoms with E-state index < -0.39 is 0 Å². The second-order valence-corrected chi connectivity index (χ2v) is 3.56. The number of ether oxygens (including phenoxy) is 1. The minimum Gasteiger partial charge on any atom is -0.385 e. The van der Waals surface area contributed by atoms with Gasteiger partial charge in [0, 0.05) is 25.6 Å². The Morgan fingerprint density at radius 1 is 1.31 bits per heavy atom. The van der Waals surface area contributed by atoms with Crippen molar-refractivity contribution < 1.29 is 9.53 Å². The summed E-state index contributed by atoms with van der Waals surface area (Å²) in [6, 6.07) is 0. The van der Waals surface area contributed by atoms with Crippen molar-refractivity contribution in [2.24, 2.45) is 17.6 Å².